The number of thiophene rings is 1. The number of aliphatic hydroxyl groups is 1. The number of hydrogen-bond donors (Lipinski definition) is 1. The molecule has 3 rings (SSSR count). The van der Waals surface area contributed by atoms with Crippen LogP contribution in [0.4, 0.5) is 5.69 Å². The van der Waals surface area contributed by atoms with Crippen LogP contribution < -0.4 is 9.64 Å². The van der Waals surface area contributed by atoms with Gasteiger partial charge in [-0.1, -0.05) is 13.0 Å². The van der Waals surface area contributed by atoms with E-state index in [9.17, 15) is 18.3 Å². The Bertz CT molecular complexity index is 1060. The summed E-state index contributed by atoms with van der Waals surface area (Å²) in [7, 11) is 1.76. The molecule has 10 heteroatoms. The number of aliphatic hydroxyl groups excluding tert-OH is 1. The smallest absolute Gasteiger partial charge is 0.252 e. The van der Waals surface area contributed by atoms with Crippen LogP contribution in [0.3, 0.4) is 0 Å². The zero-order valence-corrected chi connectivity index (χ0v) is 21.4. The van der Waals surface area contributed by atoms with Crippen molar-refractivity contribution in [1.82, 2.24) is 9.21 Å². The number of amides is 1. The van der Waals surface area contributed by atoms with Gasteiger partial charge in [-0.3, -0.25) is 4.79 Å². The van der Waals surface area contributed by atoms with Crippen molar-refractivity contribution >= 4 is 33.0 Å². The van der Waals surface area contributed by atoms with Crippen molar-refractivity contribution in [3.8, 4) is 5.75 Å². The van der Waals surface area contributed by atoms with E-state index < -0.39 is 16.1 Å². The van der Waals surface area contributed by atoms with Crippen LogP contribution in [0.2, 0.25) is 0 Å². The lowest BCUT2D eigenvalue weighted by atomic mass is 10.0. The van der Waals surface area contributed by atoms with Gasteiger partial charge >= 0.3 is 0 Å². The van der Waals surface area contributed by atoms with Gasteiger partial charge in [-0.05, 0) is 36.6 Å². The summed E-state index contributed by atoms with van der Waals surface area (Å²) >= 11 is 1.18. The van der Waals surface area contributed by atoms with Crippen LogP contribution in [-0.4, -0.2) is 81.6 Å². The van der Waals surface area contributed by atoms with Gasteiger partial charge in [0, 0.05) is 44.9 Å². The first kappa shape index (κ1) is 25.5. The number of hydrogen-bond acceptors (Lipinski definition) is 7. The number of carbonyl (C=O) groups is 1. The maximum absolute atomic E-state index is 13.2. The number of anilines is 1. The first-order valence-electron chi connectivity index (χ1n) is 10.9. The number of nitrogens with zero attached hydrogens (tertiary/aromatic N) is 3. The van der Waals surface area contributed by atoms with Crippen LogP contribution in [0.5, 0.6) is 5.75 Å². The Morgan fingerprint density at radius 3 is 2.61 bits per heavy atom. The Labute approximate surface area is 200 Å². The minimum Gasteiger partial charge on any atom is -0.488 e. The van der Waals surface area contributed by atoms with Gasteiger partial charge in [0.15, 0.2) is 0 Å². The molecule has 1 aromatic heterocycles. The van der Waals surface area contributed by atoms with Crippen molar-refractivity contribution in [2.24, 2.45) is 5.92 Å². The quantitative estimate of drug-likeness (QED) is 0.634. The van der Waals surface area contributed by atoms with Crippen LogP contribution >= 0.6 is 11.3 Å². The predicted octanol–water partition coefficient (Wildman–Crippen LogP) is 2.28. The molecule has 1 N–H and O–H groups in total. The Balaban J connectivity index is 1.98. The number of rotatable bonds is 7. The van der Waals surface area contributed by atoms with Gasteiger partial charge in [0.1, 0.15) is 16.1 Å². The number of benzene rings is 1. The molecule has 2 heterocycles. The van der Waals surface area contributed by atoms with Crippen molar-refractivity contribution in [2.45, 2.75) is 36.6 Å². The third-order valence-corrected chi connectivity index (χ3v) is 9.21. The topological polar surface area (TPSA) is 90.4 Å². The van der Waals surface area contributed by atoms with Crippen LogP contribution in [0, 0.1) is 5.92 Å². The molecule has 1 aliphatic heterocycles. The van der Waals surface area contributed by atoms with Crippen molar-refractivity contribution in [3.63, 3.8) is 0 Å². The Morgan fingerprint density at radius 1 is 1.27 bits per heavy atom. The fraction of sp³-hybridized carbons (Fsp3) is 0.522. The van der Waals surface area contributed by atoms with Gasteiger partial charge in [0.05, 0.1) is 25.6 Å². The van der Waals surface area contributed by atoms with E-state index in [1.807, 2.05) is 51.0 Å². The van der Waals surface area contributed by atoms with Gasteiger partial charge in [0.2, 0.25) is 5.91 Å². The van der Waals surface area contributed by atoms with Crippen molar-refractivity contribution < 1.29 is 23.1 Å². The average Bonchev–Trinajstić information content (AvgIpc) is 3.33. The standard InChI is InChI=1S/C23H33N3O5S2/c1-16-13-26(17(2)15-27)22(28)12-18-11-19(24(3)4)8-9-20(18)31-21(16)14-25(5)33(29,30)23-7-6-10-32-23/h6-11,16-17,21,27H,12-15H2,1-5H3/t16-,17+,21-/m0/s1. The summed E-state index contributed by atoms with van der Waals surface area (Å²) in [6.07, 6.45) is -0.350. The molecule has 1 amide bonds. The lowest BCUT2D eigenvalue weighted by Crippen LogP contribution is -2.48. The van der Waals surface area contributed by atoms with E-state index >= 15 is 0 Å². The number of likely N-dealkylation sites (N-methyl/N-ethyl adjacent to an activating group) is 1. The molecule has 8 nitrogen and oxygen atoms in total. The predicted molar refractivity (Wildman–Crippen MR) is 130 cm³/mol. The minimum atomic E-state index is -3.64. The normalized spacial score (nSPS) is 20.5. The van der Waals surface area contributed by atoms with Crippen LogP contribution in [-0.2, 0) is 21.2 Å². The Morgan fingerprint density at radius 2 is 2.00 bits per heavy atom. The fourth-order valence-corrected chi connectivity index (χ4v) is 6.21. The number of ether oxygens (including phenoxy) is 1. The molecule has 0 spiro atoms. The van der Waals surface area contributed by atoms with Crippen molar-refractivity contribution in [2.75, 3.05) is 45.7 Å². The average molecular weight is 496 g/mol. The lowest BCUT2D eigenvalue weighted by Gasteiger charge is -2.33. The van der Waals surface area contributed by atoms with Crippen LogP contribution in [0.15, 0.2) is 39.9 Å². The second-order valence-corrected chi connectivity index (χ2v) is 12.0. The molecule has 0 fully saturated rings. The lowest BCUT2D eigenvalue weighted by molar-refractivity contribution is -0.134. The molecule has 0 saturated heterocycles. The molecule has 2 aromatic rings. The van der Waals surface area contributed by atoms with E-state index in [4.69, 9.17) is 4.74 Å². The Kier molecular flexibility index (Phi) is 8.04. The maximum Gasteiger partial charge on any atom is 0.252 e. The van der Waals surface area contributed by atoms with E-state index in [0.717, 1.165) is 11.3 Å². The molecule has 33 heavy (non-hydrogen) atoms. The zero-order chi connectivity index (χ0) is 24.3. The zero-order valence-electron chi connectivity index (χ0n) is 19.8. The van der Waals surface area contributed by atoms with Gasteiger partial charge in [-0.25, -0.2) is 8.42 Å². The molecule has 182 valence electrons. The summed E-state index contributed by atoms with van der Waals surface area (Å²) in [5, 5.41) is 11.5. The molecule has 3 atom stereocenters. The highest BCUT2D eigenvalue weighted by Crippen LogP contribution is 2.30. The van der Waals surface area contributed by atoms with Gasteiger partial charge in [0.25, 0.3) is 10.0 Å². The summed E-state index contributed by atoms with van der Waals surface area (Å²) < 4.78 is 34.0. The molecule has 1 aliphatic rings. The molecule has 1 aromatic carbocycles. The van der Waals surface area contributed by atoms with Crippen molar-refractivity contribution in [1.29, 1.82) is 0 Å². The highest BCUT2D eigenvalue weighted by atomic mass is 32.2. The number of fused-ring (bicyclic) bond motifs is 1. The second-order valence-electron chi connectivity index (χ2n) is 8.79. The number of carbonyl (C=O) groups excluding carboxylic acids is 1. The third-order valence-electron chi connectivity index (χ3n) is 6.01. The highest BCUT2D eigenvalue weighted by molar-refractivity contribution is 7.91. The maximum atomic E-state index is 13.2. The van der Waals surface area contributed by atoms with E-state index in [1.165, 1.54) is 15.6 Å². The first-order valence-corrected chi connectivity index (χ1v) is 13.2. The van der Waals surface area contributed by atoms with Crippen LogP contribution in [0.25, 0.3) is 0 Å². The van der Waals surface area contributed by atoms with E-state index in [0.29, 0.717) is 12.3 Å². The monoisotopic (exact) mass is 495 g/mol. The Hall–Kier alpha value is -2.14. The van der Waals surface area contributed by atoms with Crippen LogP contribution in [0.1, 0.15) is 19.4 Å². The van der Waals surface area contributed by atoms with E-state index in [1.54, 1.807) is 29.5 Å². The summed E-state index contributed by atoms with van der Waals surface area (Å²) in [4.78, 5) is 16.8. The molecule has 0 bridgehead atoms. The van der Waals surface area contributed by atoms with E-state index in [2.05, 4.69) is 0 Å². The SMILES string of the molecule is C[C@H](CO)N1C[C@H](C)[C@H](CN(C)S(=O)(=O)c2cccs2)Oc2ccc(N(C)C)cc2CC1=O. The van der Waals surface area contributed by atoms with Gasteiger partial charge in [-0.2, -0.15) is 4.31 Å². The summed E-state index contributed by atoms with van der Waals surface area (Å²) in [5.74, 6) is 0.305. The summed E-state index contributed by atoms with van der Waals surface area (Å²) in [6.45, 7) is 4.09. The molecular weight excluding hydrogens is 462 g/mol. The third kappa shape index (κ3) is 5.68. The molecular formula is C23H33N3O5S2. The summed E-state index contributed by atoms with van der Waals surface area (Å²) in [5.41, 5.74) is 1.68. The number of sulfonamides is 1. The fourth-order valence-electron chi connectivity index (χ4n) is 3.83. The minimum absolute atomic E-state index is 0.0932. The van der Waals surface area contributed by atoms with Gasteiger partial charge in [-0.15, -0.1) is 11.3 Å². The first-order chi connectivity index (χ1) is 15.5. The molecule has 0 aliphatic carbocycles. The largest absolute Gasteiger partial charge is 0.488 e. The molecule has 0 radical (unpaired) electrons. The molecule has 0 saturated carbocycles. The van der Waals surface area contributed by atoms with Crippen molar-refractivity contribution in [3.05, 3.63) is 41.3 Å². The highest BCUT2D eigenvalue weighted by Gasteiger charge is 2.33. The van der Waals surface area contributed by atoms with E-state index in [-0.39, 0.29) is 41.6 Å². The second kappa shape index (κ2) is 10.4. The summed E-state index contributed by atoms with van der Waals surface area (Å²) in [6, 6.07) is 8.63. The van der Waals surface area contributed by atoms with Gasteiger partial charge < -0.3 is 19.6 Å². The molecule has 0 unspecified atom stereocenters.